The Morgan fingerprint density at radius 3 is 2.20 bits per heavy atom. The maximum Gasteiger partial charge on any atom is 0.333 e. The molecule has 74 heavy (non-hydrogen) atoms. The topological polar surface area (TPSA) is 176 Å². The number of benzene rings is 3. The molecule has 21 heteroatoms. The quantitative estimate of drug-likeness (QED) is 0.119. The summed E-state index contributed by atoms with van der Waals surface area (Å²) in [6.45, 7) is 2.66. The zero-order valence-corrected chi connectivity index (χ0v) is 44.0. The average molecular weight is 1060 g/mol. The molecule has 17 nitrogen and oxygen atoms in total. The second kappa shape index (κ2) is 25.2. The molecule has 3 aromatic carbocycles. The van der Waals surface area contributed by atoms with Gasteiger partial charge in [0.05, 0.1) is 43.2 Å². The van der Waals surface area contributed by atoms with E-state index < -0.39 is 72.6 Å². The summed E-state index contributed by atoms with van der Waals surface area (Å²) in [6.07, 6.45) is 4.71. The summed E-state index contributed by atoms with van der Waals surface area (Å²) in [7, 11) is 6.45. The predicted molar refractivity (Wildman–Crippen MR) is 275 cm³/mol. The fourth-order valence-corrected chi connectivity index (χ4v) is 9.54. The van der Waals surface area contributed by atoms with Crippen LogP contribution in [0.25, 0.3) is 11.3 Å². The molecule has 5 atom stereocenters. The third kappa shape index (κ3) is 14.0. The smallest absolute Gasteiger partial charge is 0.333 e. The van der Waals surface area contributed by atoms with Gasteiger partial charge in [-0.05, 0) is 106 Å². The van der Waals surface area contributed by atoms with Crippen molar-refractivity contribution in [3.05, 3.63) is 118 Å². The van der Waals surface area contributed by atoms with Crippen LogP contribution in [-0.4, -0.2) is 140 Å². The van der Waals surface area contributed by atoms with E-state index in [0.29, 0.717) is 26.0 Å². The van der Waals surface area contributed by atoms with Crippen molar-refractivity contribution in [2.45, 2.75) is 96.2 Å². The Morgan fingerprint density at radius 2 is 1.53 bits per heavy atom. The Bertz CT molecular complexity index is 2750. The minimum Gasteiger partial charge on any atom is -0.457 e. The van der Waals surface area contributed by atoms with Crippen molar-refractivity contribution in [3.63, 3.8) is 0 Å². The highest BCUT2D eigenvalue weighted by Gasteiger charge is 2.37. The molecule has 7 rings (SSSR count). The molecule has 5 amide bonds. The van der Waals surface area contributed by atoms with E-state index in [2.05, 4.69) is 25.2 Å². The number of carbonyl (C=O) groups excluding carboxylic acids is 5. The van der Waals surface area contributed by atoms with Gasteiger partial charge in [0.1, 0.15) is 29.4 Å². The normalized spacial score (nSPS) is 21.3. The number of hydrogen-bond donors (Lipinski definition) is 2. The van der Waals surface area contributed by atoms with Crippen LogP contribution in [0.5, 0.6) is 11.5 Å². The molecule has 0 bridgehead atoms. The maximum absolute atomic E-state index is 15.0. The number of nitrogens with zero attached hydrogens (tertiary/aromatic N) is 8. The lowest BCUT2D eigenvalue weighted by Crippen LogP contribution is -2.57. The van der Waals surface area contributed by atoms with Gasteiger partial charge in [-0.2, -0.15) is 13.9 Å². The van der Waals surface area contributed by atoms with Crippen LogP contribution in [0.2, 0.25) is 10.0 Å². The van der Waals surface area contributed by atoms with Gasteiger partial charge in [-0.3, -0.25) is 28.9 Å². The number of amides is 5. The Morgan fingerprint density at radius 1 is 0.824 bits per heavy atom. The molecule has 2 aromatic heterocycles. The van der Waals surface area contributed by atoms with Crippen LogP contribution >= 0.6 is 23.2 Å². The molecule has 5 aromatic rings. The molecule has 2 saturated heterocycles. The number of aromatic nitrogens is 4. The van der Waals surface area contributed by atoms with E-state index in [-0.39, 0.29) is 50.4 Å². The van der Waals surface area contributed by atoms with E-state index in [1.54, 1.807) is 56.4 Å². The van der Waals surface area contributed by atoms with Crippen LogP contribution in [0.15, 0.2) is 85.2 Å². The summed E-state index contributed by atoms with van der Waals surface area (Å²) in [5.41, 5.74) is 3.22. The summed E-state index contributed by atoms with van der Waals surface area (Å²) in [6, 6.07) is 16.8. The molecule has 2 N–H and O–H groups in total. The molecule has 0 aliphatic carbocycles. The Kier molecular flexibility index (Phi) is 18.9. The van der Waals surface area contributed by atoms with Gasteiger partial charge in [-0.15, -0.1) is 0 Å². The third-order valence-corrected chi connectivity index (χ3v) is 14.4. The highest BCUT2D eigenvalue weighted by atomic mass is 35.5. The molecular weight excluding hydrogens is 998 g/mol. The second-order valence-corrected chi connectivity index (χ2v) is 20.0. The first kappa shape index (κ1) is 55.3. The van der Waals surface area contributed by atoms with Crippen molar-refractivity contribution < 1.29 is 42.2 Å². The number of likely N-dealkylation sites (tertiary alicyclic amines) is 1. The Hall–Kier alpha value is -6.41. The third-order valence-electron chi connectivity index (χ3n) is 13.9. The van der Waals surface area contributed by atoms with Crippen LogP contribution in [0.4, 0.5) is 8.78 Å². The first-order valence-corrected chi connectivity index (χ1v) is 25.4. The minimum absolute atomic E-state index is 0.00375. The number of rotatable bonds is 14. The standard InChI is InChI=1S/C53H64Cl2F2N10O7/c1-33-28-59-48(68)27-42(23-35-9-14-39(54)15-10-35)63(4)52(72)44(32-73-6)60-50(70)34(2)66(49(69)25-38(51(71)62(33)3)24-41-19-22-67(61-41)53(56)57)30-37-11-16-40(55)26-46(37)74-43-17-12-36(13-18-43)45-29-58-47(64(45)5)31-65-20-7-8-21-65/h9-19,22,26,29,33-34,38,42,44,53H,7-8,20-21,23-25,27-28,30-32H2,1-6H3,(H,59,68)(H,60,70)/t33-,34-,38?,42-,44-/m0/s1. The van der Waals surface area contributed by atoms with Crippen molar-refractivity contribution in [3.8, 4) is 22.8 Å². The summed E-state index contributed by atoms with van der Waals surface area (Å²) in [5, 5.41) is 10.5. The van der Waals surface area contributed by atoms with Gasteiger partial charge in [-0.1, -0.05) is 41.4 Å². The van der Waals surface area contributed by atoms with E-state index >= 15 is 4.79 Å². The molecule has 0 saturated carbocycles. The van der Waals surface area contributed by atoms with Gasteiger partial charge in [0.2, 0.25) is 29.5 Å². The van der Waals surface area contributed by atoms with Crippen molar-refractivity contribution in [1.82, 2.24) is 49.6 Å². The number of halogens is 4. The number of alkyl halides is 2. The number of imidazole rings is 1. The van der Waals surface area contributed by atoms with Crippen molar-refractivity contribution in [1.29, 1.82) is 0 Å². The molecule has 2 aliphatic heterocycles. The lowest BCUT2D eigenvalue weighted by Gasteiger charge is -2.35. The van der Waals surface area contributed by atoms with Crippen LogP contribution in [0, 0.1) is 5.92 Å². The highest BCUT2D eigenvalue weighted by molar-refractivity contribution is 6.31. The molecule has 0 radical (unpaired) electrons. The van der Waals surface area contributed by atoms with Crippen molar-refractivity contribution in [2.75, 3.05) is 47.4 Å². The van der Waals surface area contributed by atoms with Crippen LogP contribution in [-0.2, 0) is 61.7 Å². The van der Waals surface area contributed by atoms with Crippen LogP contribution in [0.3, 0.4) is 0 Å². The van der Waals surface area contributed by atoms with Gasteiger partial charge < -0.3 is 39.4 Å². The van der Waals surface area contributed by atoms with E-state index in [1.807, 2.05) is 37.5 Å². The number of hydrogen-bond acceptors (Lipinski definition) is 10. The fourth-order valence-electron chi connectivity index (χ4n) is 9.25. The van der Waals surface area contributed by atoms with Crippen molar-refractivity contribution in [2.24, 2.45) is 13.0 Å². The minimum atomic E-state index is -2.95. The number of nitrogens with one attached hydrogen (secondary N) is 2. The zero-order valence-electron chi connectivity index (χ0n) is 42.5. The number of likely N-dealkylation sites (N-methyl/N-ethyl adjacent to an activating group) is 2. The van der Waals surface area contributed by atoms with Crippen LogP contribution in [0.1, 0.15) is 68.7 Å². The molecule has 396 valence electrons. The lowest BCUT2D eigenvalue weighted by molar-refractivity contribution is -0.147. The summed E-state index contributed by atoms with van der Waals surface area (Å²) < 4.78 is 41.9. The maximum atomic E-state index is 15.0. The molecule has 2 aliphatic rings. The molecule has 4 heterocycles. The Balaban J connectivity index is 1.22. The average Bonchev–Trinajstić information content (AvgIpc) is 4.17. The second-order valence-electron chi connectivity index (χ2n) is 19.1. The summed E-state index contributed by atoms with van der Waals surface area (Å²) in [5.74, 6) is -2.34. The first-order chi connectivity index (χ1) is 35.4. The van der Waals surface area contributed by atoms with Crippen LogP contribution < -0.4 is 15.4 Å². The molecular formula is C53H64Cl2F2N10O7. The fraction of sp³-hybridized carbons (Fsp3) is 0.453. The molecule has 0 spiro atoms. The van der Waals surface area contributed by atoms with Gasteiger partial charge in [0.15, 0.2) is 0 Å². The van der Waals surface area contributed by atoms with Gasteiger partial charge >= 0.3 is 6.55 Å². The summed E-state index contributed by atoms with van der Waals surface area (Å²) >= 11 is 12.8. The Labute approximate surface area is 440 Å². The monoisotopic (exact) mass is 1060 g/mol. The van der Waals surface area contributed by atoms with Gasteiger partial charge in [0, 0.05) is 93.5 Å². The van der Waals surface area contributed by atoms with E-state index in [0.717, 1.165) is 48.5 Å². The van der Waals surface area contributed by atoms with Crippen molar-refractivity contribution >= 4 is 52.7 Å². The molecule has 1 unspecified atom stereocenters. The number of methoxy groups -OCH3 is 1. The molecule has 2 fully saturated rings. The predicted octanol–water partition coefficient (Wildman–Crippen LogP) is 6.91. The zero-order chi connectivity index (χ0) is 53.2. The first-order valence-electron chi connectivity index (χ1n) is 24.6. The largest absolute Gasteiger partial charge is 0.457 e. The SMILES string of the molecule is COC[C@@H]1NC(=O)[C@H](C)N(Cc2ccc(Cl)cc2Oc2ccc(-c3cnc(CN4CCCC4)n3C)cc2)C(=O)CC(Cc2ccn(C(F)F)n2)C(=O)N(C)[C@@H](C)CNC(=O)C[C@H](Cc2ccc(Cl)cc2)N(C)C1=O. The van der Waals surface area contributed by atoms with E-state index in [1.165, 1.54) is 54.7 Å². The number of ether oxygens (including phenoxy) is 2. The highest BCUT2D eigenvalue weighted by Crippen LogP contribution is 2.33. The van der Waals surface area contributed by atoms with E-state index in [9.17, 15) is 28.0 Å². The van der Waals surface area contributed by atoms with Gasteiger partial charge in [-0.25, -0.2) is 9.67 Å². The summed E-state index contributed by atoms with van der Waals surface area (Å²) in [4.78, 5) is 83.5. The van der Waals surface area contributed by atoms with E-state index in [4.69, 9.17) is 37.7 Å². The lowest BCUT2D eigenvalue weighted by atomic mass is 9.95. The number of carbonyl (C=O) groups is 5. The van der Waals surface area contributed by atoms with Gasteiger partial charge in [0.25, 0.3) is 0 Å².